The van der Waals surface area contributed by atoms with E-state index in [1.165, 1.54) is 27.2 Å². The molecule has 2 aliphatic rings. The second-order valence-corrected chi connectivity index (χ2v) is 27.0. The molecule has 0 saturated heterocycles. The minimum atomic E-state index is -0.260. The monoisotopic (exact) mass is 1300 g/mol. The summed E-state index contributed by atoms with van der Waals surface area (Å²) in [4.78, 5) is 5.33. The van der Waals surface area contributed by atoms with Crippen LogP contribution in [0, 0.1) is 0 Å². The predicted molar refractivity (Wildman–Crippen MR) is 427 cm³/mol. The van der Waals surface area contributed by atoms with E-state index < -0.39 is 0 Å². The number of furan rings is 2. The average Bonchev–Trinajstić information content (AvgIpc) is 0.864. The molecule has 6 heteroatoms. The first-order valence-electron chi connectivity index (χ1n) is 35.1. The molecule has 474 valence electrons. The van der Waals surface area contributed by atoms with Gasteiger partial charge in [-0.2, -0.15) is 0 Å². The highest BCUT2D eigenvalue weighted by molar-refractivity contribution is 7.00. The van der Waals surface area contributed by atoms with E-state index in [-0.39, 0.29) is 6.71 Å². The Morgan fingerprint density at radius 2 is 0.559 bits per heavy atom. The Bertz CT molecular complexity index is 6140. The zero-order chi connectivity index (χ0) is 66.9. The molecule has 0 bridgehead atoms. The molecule has 0 amide bonds. The molecule has 0 fully saturated rings. The molecule has 21 rings (SSSR count). The maximum Gasteiger partial charge on any atom is 0.252 e. The van der Waals surface area contributed by atoms with Crippen molar-refractivity contribution >= 4 is 123 Å². The summed E-state index contributed by atoms with van der Waals surface area (Å²) in [6.07, 6.45) is 0. The third kappa shape index (κ3) is 9.06. The van der Waals surface area contributed by atoms with Crippen LogP contribution in [0.2, 0.25) is 0 Å². The molecule has 5 heterocycles. The normalized spacial score (nSPS) is 12.5. The number of para-hydroxylation sites is 6. The Hall–Kier alpha value is -13.4. The second-order valence-electron chi connectivity index (χ2n) is 27.0. The van der Waals surface area contributed by atoms with Crippen molar-refractivity contribution in [1.29, 1.82) is 0 Å². The van der Waals surface area contributed by atoms with E-state index in [0.29, 0.717) is 0 Å². The molecule has 2 aliphatic heterocycles. The number of rotatable bonds is 10. The number of benzene rings is 16. The van der Waals surface area contributed by atoms with Gasteiger partial charge in [0, 0.05) is 83.0 Å². The first-order chi connectivity index (χ1) is 50.6. The van der Waals surface area contributed by atoms with Gasteiger partial charge in [0.05, 0.1) is 22.4 Å². The Kier molecular flexibility index (Phi) is 13.1. The predicted octanol–water partition coefficient (Wildman–Crippen LogP) is 24.3. The van der Waals surface area contributed by atoms with E-state index in [4.69, 9.17) is 8.83 Å². The third-order valence-corrected chi connectivity index (χ3v) is 21.4. The van der Waals surface area contributed by atoms with E-state index in [9.17, 15) is 0 Å². The molecule has 102 heavy (non-hydrogen) atoms. The van der Waals surface area contributed by atoms with E-state index in [0.717, 1.165) is 173 Å². The van der Waals surface area contributed by atoms with Crippen LogP contribution in [0.25, 0.3) is 149 Å². The van der Waals surface area contributed by atoms with Crippen molar-refractivity contribution in [2.45, 2.75) is 0 Å². The van der Waals surface area contributed by atoms with Gasteiger partial charge in [0.15, 0.2) is 0 Å². The lowest BCUT2D eigenvalue weighted by Gasteiger charge is -2.46. The summed E-state index contributed by atoms with van der Waals surface area (Å²) in [6.45, 7) is -0.260. The quantitative estimate of drug-likeness (QED) is 0.128. The van der Waals surface area contributed by atoms with Crippen LogP contribution >= 0.6 is 0 Å². The fourth-order valence-electron chi connectivity index (χ4n) is 16.8. The number of nitrogens with zero attached hydrogens (tertiary/aromatic N) is 3. The lowest BCUT2D eigenvalue weighted by Crippen LogP contribution is -2.61. The van der Waals surface area contributed by atoms with Crippen LogP contribution in [0.15, 0.2) is 373 Å². The molecule has 16 aromatic carbocycles. The van der Waals surface area contributed by atoms with E-state index in [2.05, 4.69) is 366 Å². The largest absolute Gasteiger partial charge is 0.456 e. The maximum atomic E-state index is 6.51. The van der Waals surface area contributed by atoms with Gasteiger partial charge in [-0.3, -0.25) is 0 Å². The van der Waals surface area contributed by atoms with Gasteiger partial charge in [-0.05, 0) is 163 Å². The Labute approximate surface area is 590 Å². The van der Waals surface area contributed by atoms with Gasteiger partial charge in [0.1, 0.15) is 22.3 Å². The van der Waals surface area contributed by atoms with Gasteiger partial charge in [-0.1, -0.05) is 273 Å². The molecule has 0 aliphatic carbocycles. The van der Waals surface area contributed by atoms with Crippen LogP contribution in [0.1, 0.15) is 0 Å². The summed E-state index contributed by atoms with van der Waals surface area (Å²) < 4.78 is 15.4. The van der Waals surface area contributed by atoms with Crippen LogP contribution in [0.3, 0.4) is 0 Å². The Morgan fingerprint density at radius 3 is 1.03 bits per heavy atom. The van der Waals surface area contributed by atoms with Crippen LogP contribution in [-0.2, 0) is 0 Å². The van der Waals surface area contributed by atoms with Gasteiger partial charge >= 0.3 is 0 Å². The van der Waals surface area contributed by atoms with Crippen molar-refractivity contribution in [1.82, 2.24) is 4.57 Å². The molecule has 0 unspecified atom stereocenters. The molecule has 0 N–H and O–H groups in total. The van der Waals surface area contributed by atoms with Crippen molar-refractivity contribution in [2.24, 2.45) is 0 Å². The Balaban J connectivity index is 0.919. The topological polar surface area (TPSA) is 37.7 Å². The lowest BCUT2D eigenvalue weighted by atomic mass is 9.33. The minimum Gasteiger partial charge on any atom is -0.456 e. The highest BCUT2D eigenvalue weighted by Crippen LogP contribution is 2.55. The molecule has 5 nitrogen and oxygen atoms in total. The minimum absolute atomic E-state index is 0.260. The molecular formula is C96H60BN3O2. The van der Waals surface area contributed by atoms with E-state index >= 15 is 0 Å². The van der Waals surface area contributed by atoms with Crippen molar-refractivity contribution in [3.63, 3.8) is 0 Å². The molecule has 0 radical (unpaired) electrons. The summed E-state index contributed by atoms with van der Waals surface area (Å²) >= 11 is 0. The SMILES string of the molecule is c1ccc(-c2cccc(-c3ccccc3)c2N2c3cc(-c4ccc5oc6ccccc6c5c4)ccc3B3c4ccc(-c5ccc6oc7ccccc7c6c5)cc4N(c4c(-c5ccccc5)cccc4-c4ccccc4)c4cc(-c5ccc6c(c5)c5ccccc5n6-c5ccccc5)cc2c43)cc1. The number of anilines is 6. The van der Waals surface area contributed by atoms with Crippen molar-refractivity contribution in [3.05, 3.63) is 364 Å². The molecule has 19 aromatic rings. The third-order valence-electron chi connectivity index (χ3n) is 21.4. The van der Waals surface area contributed by atoms with Gasteiger partial charge in [0.25, 0.3) is 6.71 Å². The van der Waals surface area contributed by atoms with Crippen LogP contribution in [-0.4, -0.2) is 11.3 Å². The van der Waals surface area contributed by atoms with Crippen LogP contribution < -0.4 is 26.2 Å². The van der Waals surface area contributed by atoms with Crippen molar-refractivity contribution in [2.75, 3.05) is 9.80 Å². The van der Waals surface area contributed by atoms with E-state index in [1.54, 1.807) is 0 Å². The summed E-state index contributed by atoms with van der Waals surface area (Å²) in [5, 5.41) is 6.75. The van der Waals surface area contributed by atoms with E-state index in [1.807, 2.05) is 12.1 Å². The maximum absolute atomic E-state index is 6.51. The number of hydrogen-bond donors (Lipinski definition) is 0. The Morgan fingerprint density at radius 1 is 0.216 bits per heavy atom. The smallest absolute Gasteiger partial charge is 0.252 e. The molecule has 3 aromatic heterocycles. The van der Waals surface area contributed by atoms with Gasteiger partial charge < -0.3 is 23.2 Å². The number of aromatic nitrogens is 1. The fraction of sp³-hybridized carbons (Fsp3) is 0. The molecule has 0 saturated carbocycles. The highest BCUT2D eigenvalue weighted by atomic mass is 16.3. The fourth-order valence-corrected chi connectivity index (χ4v) is 16.8. The summed E-state index contributed by atoms with van der Waals surface area (Å²) in [6, 6.07) is 134. The first-order valence-corrected chi connectivity index (χ1v) is 35.1. The van der Waals surface area contributed by atoms with Gasteiger partial charge in [-0.15, -0.1) is 0 Å². The number of fused-ring (bicyclic) bond motifs is 13. The first kappa shape index (κ1) is 57.6. The van der Waals surface area contributed by atoms with Crippen molar-refractivity contribution < 1.29 is 8.83 Å². The lowest BCUT2D eigenvalue weighted by molar-refractivity contribution is 0.668. The standard InChI is InChI=1S/C96H60BN3O2/c1-6-24-61(25-7-1)72-37-22-38-73(62-26-8-2-9-27-62)95(72)99-86-57-68(65-47-52-92-80(55-65)77-35-17-20-42-90(77)101-92)44-49-82(86)97-83-50-45-69(66-48-53-93-81(56-66)78-36-18-21-43-91(78)102-93)58-87(83)100(96-74(63-28-10-3-11-29-63)39-23-40-75(96)64-30-12-4-13-31-64)89-60-70(59-88(99)94(89)97)67-46-51-85-79(54-67)76-34-16-19-41-84(76)98(85)71-32-14-5-15-33-71/h1-60H. The van der Waals surface area contributed by atoms with Crippen LogP contribution in [0.4, 0.5) is 34.1 Å². The molecular weight excluding hydrogens is 1240 g/mol. The zero-order valence-electron chi connectivity index (χ0n) is 55.4. The summed E-state index contributed by atoms with van der Waals surface area (Å²) in [7, 11) is 0. The summed E-state index contributed by atoms with van der Waals surface area (Å²) in [5.74, 6) is 0. The van der Waals surface area contributed by atoms with Crippen molar-refractivity contribution in [3.8, 4) is 83.6 Å². The summed E-state index contributed by atoms with van der Waals surface area (Å²) in [5.41, 5.74) is 32.7. The number of hydrogen-bond acceptors (Lipinski definition) is 4. The zero-order valence-corrected chi connectivity index (χ0v) is 55.4. The van der Waals surface area contributed by atoms with Gasteiger partial charge in [-0.25, -0.2) is 0 Å². The van der Waals surface area contributed by atoms with Crippen LogP contribution in [0.5, 0.6) is 0 Å². The highest BCUT2D eigenvalue weighted by Gasteiger charge is 2.46. The second kappa shape index (κ2) is 23.1. The molecule has 0 spiro atoms. The van der Waals surface area contributed by atoms with Gasteiger partial charge in [0.2, 0.25) is 0 Å². The molecule has 0 atom stereocenters. The average molecular weight is 1300 g/mol.